The maximum absolute atomic E-state index is 13.2. The molecule has 0 atom stereocenters. The van der Waals surface area contributed by atoms with Crippen LogP contribution in [0.15, 0.2) is 64.5 Å². The van der Waals surface area contributed by atoms with E-state index in [1.165, 1.54) is 28.9 Å². The standard InChI is InChI=1S/C18H15ClN4O2S.ClH/c1-21-12-14-10-18(23(22-14)17-8-3-2-7-16(17)19)26(24,25)15-6-4-5-13(9-15)11-20;/h2-10,21H,12H2,1H3;1H. The molecule has 140 valence electrons. The average Bonchev–Trinajstić information content (AvgIpc) is 3.07. The van der Waals surface area contributed by atoms with Crippen LogP contribution in [0.4, 0.5) is 0 Å². The minimum atomic E-state index is -3.90. The zero-order chi connectivity index (χ0) is 18.7. The van der Waals surface area contributed by atoms with Gasteiger partial charge in [0.1, 0.15) is 0 Å². The van der Waals surface area contributed by atoms with E-state index in [-0.39, 0.29) is 27.9 Å². The van der Waals surface area contributed by atoms with Gasteiger partial charge in [-0.05, 0) is 37.4 Å². The van der Waals surface area contributed by atoms with Gasteiger partial charge < -0.3 is 5.32 Å². The molecular weight excluding hydrogens is 407 g/mol. The molecule has 27 heavy (non-hydrogen) atoms. The van der Waals surface area contributed by atoms with Gasteiger partial charge in [0.2, 0.25) is 9.84 Å². The molecule has 0 fully saturated rings. The summed E-state index contributed by atoms with van der Waals surface area (Å²) in [6.45, 7) is 0.401. The predicted molar refractivity (Wildman–Crippen MR) is 105 cm³/mol. The third-order valence-corrected chi connectivity index (χ3v) is 5.75. The van der Waals surface area contributed by atoms with Crippen molar-refractivity contribution in [3.05, 3.63) is 70.9 Å². The molecule has 0 aliphatic rings. The van der Waals surface area contributed by atoms with Crippen LogP contribution in [0.1, 0.15) is 11.3 Å². The lowest BCUT2D eigenvalue weighted by molar-refractivity contribution is 0.585. The van der Waals surface area contributed by atoms with Crippen molar-refractivity contribution in [2.45, 2.75) is 16.5 Å². The molecule has 3 aromatic rings. The van der Waals surface area contributed by atoms with E-state index in [1.54, 1.807) is 37.4 Å². The molecule has 2 aromatic carbocycles. The number of halogens is 2. The molecule has 6 nitrogen and oxygen atoms in total. The van der Waals surface area contributed by atoms with E-state index in [2.05, 4.69) is 10.4 Å². The number of hydrogen-bond acceptors (Lipinski definition) is 5. The van der Waals surface area contributed by atoms with Crippen molar-refractivity contribution in [3.8, 4) is 11.8 Å². The van der Waals surface area contributed by atoms with E-state index in [9.17, 15) is 8.42 Å². The summed E-state index contributed by atoms with van der Waals surface area (Å²) >= 11 is 6.25. The third-order valence-electron chi connectivity index (χ3n) is 3.71. The number of nitrogens with zero attached hydrogens (tertiary/aromatic N) is 3. The Morgan fingerprint density at radius 3 is 2.59 bits per heavy atom. The predicted octanol–water partition coefficient (Wildman–Crippen LogP) is 3.37. The number of rotatable bonds is 5. The second kappa shape index (κ2) is 8.55. The van der Waals surface area contributed by atoms with Crippen molar-refractivity contribution in [2.75, 3.05) is 7.05 Å². The Kier molecular flexibility index (Phi) is 6.63. The highest BCUT2D eigenvalue weighted by Crippen LogP contribution is 2.28. The Morgan fingerprint density at radius 2 is 1.93 bits per heavy atom. The highest BCUT2D eigenvalue weighted by Gasteiger charge is 2.26. The topological polar surface area (TPSA) is 87.8 Å². The fourth-order valence-corrected chi connectivity index (χ4v) is 4.17. The van der Waals surface area contributed by atoms with Gasteiger partial charge in [-0.2, -0.15) is 10.4 Å². The van der Waals surface area contributed by atoms with Gasteiger partial charge in [0, 0.05) is 12.6 Å². The fraction of sp³-hybridized carbons (Fsp3) is 0.111. The van der Waals surface area contributed by atoms with Crippen molar-refractivity contribution < 1.29 is 8.42 Å². The molecule has 0 aliphatic heterocycles. The molecule has 9 heteroatoms. The summed E-state index contributed by atoms with van der Waals surface area (Å²) in [4.78, 5) is 0.0285. The first-order valence-electron chi connectivity index (χ1n) is 7.71. The summed E-state index contributed by atoms with van der Waals surface area (Å²) in [5.74, 6) is 0. The molecule has 0 amide bonds. The van der Waals surface area contributed by atoms with E-state index in [4.69, 9.17) is 16.9 Å². The van der Waals surface area contributed by atoms with E-state index < -0.39 is 9.84 Å². The van der Waals surface area contributed by atoms with Gasteiger partial charge in [0.15, 0.2) is 5.03 Å². The monoisotopic (exact) mass is 422 g/mol. The highest BCUT2D eigenvalue weighted by molar-refractivity contribution is 7.91. The Bertz CT molecular complexity index is 1100. The second-order valence-electron chi connectivity index (χ2n) is 5.51. The van der Waals surface area contributed by atoms with E-state index in [1.807, 2.05) is 6.07 Å². The Hall–Kier alpha value is -2.37. The first-order chi connectivity index (χ1) is 12.5. The summed E-state index contributed by atoms with van der Waals surface area (Å²) in [5, 5.41) is 16.8. The molecule has 1 N–H and O–H groups in total. The number of nitrogens with one attached hydrogen (secondary N) is 1. The van der Waals surface area contributed by atoms with E-state index in [0.717, 1.165) is 0 Å². The summed E-state index contributed by atoms with van der Waals surface area (Å²) < 4.78 is 27.7. The van der Waals surface area contributed by atoms with Crippen LogP contribution >= 0.6 is 24.0 Å². The van der Waals surface area contributed by atoms with Gasteiger partial charge in [0.05, 0.1) is 32.9 Å². The Labute approximate surface area is 168 Å². The number of nitriles is 1. The van der Waals surface area contributed by atoms with Crippen molar-refractivity contribution in [3.63, 3.8) is 0 Å². The van der Waals surface area contributed by atoms with Crippen LogP contribution in [0.25, 0.3) is 5.69 Å². The minimum Gasteiger partial charge on any atom is -0.314 e. The molecule has 0 unspecified atom stereocenters. The SMILES string of the molecule is CNCc1cc(S(=O)(=O)c2cccc(C#N)c2)n(-c2ccccc2Cl)n1.Cl. The lowest BCUT2D eigenvalue weighted by Gasteiger charge is -2.10. The molecule has 3 rings (SSSR count). The lowest BCUT2D eigenvalue weighted by Crippen LogP contribution is -2.10. The molecule has 0 radical (unpaired) electrons. The van der Waals surface area contributed by atoms with Crippen molar-refractivity contribution in [1.82, 2.24) is 15.1 Å². The van der Waals surface area contributed by atoms with Crippen LogP contribution in [0.2, 0.25) is 5.02 Å². The fourth-order valence-electron chi connectivity index (χ4n) is 2.52. The summed E-state index contributed by atoms with van der Waals surface area (Å²) in [6, 6.07) is 16.2. The van der Waals surface area contributed by atoms with Crippen LogP contribution < -0.4 is 5.32 Å². The minimum absolute atomic E-state index is 0. The van der Waals surface area contributed by atoms with Gasteiger partial charge in [-0.3, -0.25) is 0 Å². The highest BCUT2D eigenvalue weighted by atomic mass is 35.5. The van der Waals surface area contributed by atoms with Gasteiger partial charge in [0.25, 0.3) is 0 Å². The largest absolute Gasteiger partial charge is 0.314 e. The van der Waals surface area contributed by atoms with Gasteiger partial charge in [-0.25, -0.2) is 13.1 Å². The molecule has 0 saturated heterocycles. The zero-order valence-electron chi connectivity index (χ0n) is 14.3. The summed E-state index contributed by atoms with van der Waals surface area (Å²) in [7, 11) is -2.15. The number of sulfone groups is 1. The Balaban J connectivity index is 0.00000261. The number of hydrogen-bond donors (Lipinski definition) is 1. The zero-order valence-corrected chi connectivity index (χ0v) is 16.6. The Morgan fingerprint density at radius 1 is 1.19 bits per heavy atom. The molecule has 1 heterocycles. The third kappa shape index (κ3) is 4.15. The molecule has 0 saturated carbocycles. The van der Waals surface area contributed by atoms with Crippen LogP contribution in [0.5, 0.6) is 0 Å². The van der Waals surface area contributed by atoms with Crippen molar-refractivity contribution in [2.24, 2.45) is 0 Å². The quantitative estimate of drug-likeness (QED) is 0.680. The van der Waals surface area contributed by atoms with Gasteiger partial charge >= 0.3 is 0 Å². The van der Waals surface area contributed by atoms with Crippen LogP contribution in [-0.2, 0) is 16.4 Å². The van der Waals surface area contributed by atoms with Crippen LogP contribution in [0.3, 0.4) is 0 Å². The lowest BCUT2D eigenvalue weighted by atomic mass is 10.2. The molecular formula is C18H16Cl2N4O2S. The normalized spacial score (nSPS) is 10.9. The average molecular weight is 423 g/mol. The first-order valence-corrected chi connectivity index (χ1v) is 9.57. The van der Waals surface area contributed by atoms with Gasteiger partial charge in [-0.15, -0.1) is 12.4 Å². The van der Waals surface area contributed by atoms with Crippen LogP contribution in [-0.4, -0.2) is 25.2 Å². The summed E-state index contributed by atoms with van der Waals surface area (Å²) in [5.41, 5.74) is 1.29. The second-order valence-corrected chi connectivity index (χ2v) is 7.81. The van der Waals surface area contributed by atoms with E-state index in [0.29, 0.717) is 22.9 Å². The molecule has 0 spiro atoms. The van der Waals surface area contributed by atoms with Crippen molar-refractivity contribution in [1.29, 1.82) is 5.26 Å². The molecule has 1 aromatic heterocycles. The summed E-state index contributed by atoms with van der Waals surface area (Å²) in [6.07, 6.45) is 0. The number of benzene rings is 2. The van der Waals surface area contributed by atoms with Crippen molar-refractivity contribution >= 4 is 33.8 Å². The maximum atomic E-state index is 13.2. The molecule has 0 bridgehead atoms. The van der Waals surface area contributed by atoms with Gasteiger partial charge in [-0.1, -0.05) is 29.8 Å². The number of aromatic nitrogens is 2. The first kappa shape index (κ1) is 20.9. The van der Waals surface area contributed by atoms with E-state index >= 15 is 0 Å². The maximum Gasteiger partial charge on any atom is 0.224 e. The van der Waals surface area contributed by atoms with Crippen LogP contribution in [0, 0.1) is 11.3 Å². The number of para-hydroxylation sites is 1. The smallest absolute Gasteiger partial charge is 0.224 e. The molecule has 0 aliphatic carbocycles.